The maximum atomic E-state index is 12.7. The summed E-state index contributed by atoms with van der Waals surface area (Å²) in [6, 6.07) is -1.05. The summed E-state index contributed by atoms with van der Waals surface area (Å²) in [5.41, 5.74) is -0.789. The fraction of sp³-hybridized carbons (Fsp3) is 0.529. The van der Waals surface area contributed by atoms with Gasteiger partial charge in [-0.05, 0) is 29.8 Å². The Balaban J connectivity index is 3.51. The van der Waals surface area contributed by atoms with Crippen molar-refractivity contribution < 1.29 is 9.90 Å². The molecule has 0 aliphatic heterocycles. The molecule has 0 spiro atoms. The van der Waals surface area contributed by atoms with Crippen molar-refractivity contribution in [2.45, 2.75) is 47.2 Å². The molecule has 1 atom stereocenters. The van der Waals surface area contributed by atoms with Crippen molar-refractivity contribution in [3.8, 4) is 0 Å². The number of hydrogen-bond donors (Lipinski definition) is 2. The molecule has 2 N–H and O–H groups in total. The topological polar surface area (TPSA) is 76.3 Å². The van der Waals surface area contributed by atoms with Crippen LogP contribution in [-0.4, -0.2) is 32.9 Å². The number of allylic oxidation sites excluding steroid dienone is 2. The number of nitrogens with zero attached hydrogens (tertiary/aromatic N) is 2. The molecule has 1 aromatic rings. The summed E-state index contributed by atoms with van der Waals surface area (Å²) >= 11 is 3.32. The van der Waals surface area contributed by atoms with Gasteiger partial charge in [0.15, 0.2) is 0 Å². The SMILES string of the molecule is C=c1/c(=C\C=C(/C)Br)n(C(=O)N[C@H](CO)C(C)(C)C)c(=O)n1CC. The Kier molecular flexibility index (Phi) is 6.80. The summed E-state index contributed by atoms with van der Waals surface area (Å²) < 4.78 is 3.36. The van der Waals surface area contributed by atoms with E-state index in [1.54, 1.807) is 12.2 Å². The van der Waals surface area contributed by atoms with Crippen LogP contribution in [0.25, 0.3) is 12.7 Å². The second-order valence-corrected chi connectivity index (χ2v) is 7.92. The normalized spacial score (nSPS) is 14.8. The van der Waals surface area contributed by atoms with E-state index in [1.807, 2.05) is 34.6 Å². The summed E-state index contributed by atoms with van der Waals surface area (Å²) in [6.45, 7) is 13.5. The molecule has 0 fully saturated rings. The fourth-order valence-electron chi connectivity index (χ4n) is 2.24. The van der Waals surface area contributed by atoms with Crippen molar-refractivity contribution in [1.29, 1.82) is 0 Å². The molecule has 1 heterocycles. The Morgan fingerprint density at radius 3 is 2.46 bits per heavy atom. The first-order chi connectivity index (χ1) is 11.0. The molecule has 0 saturated heterocycles. The molecule has 1 amide bonds. The fourth-order valence-corrected chi connectivity index (χ4v) is 2.38. The van der Waals surface area contributed by atoms with E-state index in [0.717, 1.165) is 9.05 Å². The first kappa shape index (κ1) is 20.4. The molecular formula is C17H26BrN3O3. The number of imidazole rings is 1. The number of nitrogens with one attached hydrogen (secondary N) is 1. The zero-order valence-corrected chi connectivity index (χ0v) is 16.5. The van der Waals surface area contributed by atoms with Gasteiger partial charge < -0.3 is 10.4 Å². The van der Waals surface area contributed by atoms with Crippen molar-refractivity contribution in [2.24, 2.45) is 5.41 Å². The molecule has 6 nitrogen and oxygen atoms in total. The van der Waals surface area contributed by atoms with Crippen molar-refractivity contribution >= 4 is 34.6 Å². The first-order valence-electron chi connectivity index (χ1n) is 7.80. The van der Waals surface area contributed by atoms with E-state index in [-0.39, 0.29) is 12.0 Å². The molecule has 0 saturated carbocycles. The average Bonchev–Trinajstić information content (AvgIpc) is 2.71. The highest BCUT2D eigenvalue weighted by molar-refractivity contribution is 9.11. The molecule has 7 heteroatoms. The van der Waals surface area contributed by atoms with Gasteiger partial charge in [-0.25, -0.2) is 14.2 Å². The minimum absolute atomic E-state index is 0.213. The Morgan fingerprint density at radius 1 is 1.46 bits per heavy atom. The van der Waals surface area contributed by atoms with Gasteiger partial charge in [-0.1, -0.05) is 49.4 Å². The van der Waals surface area contributed by atoms with Crippen molar-refractivity contribution in [3.63, 3.8) is 0 Å². The molecule has 24 heavy (non-hydrogen) atoms. The third-order valence-corrected chi connectivity index (χ3v) is 4.06. The summed E-state index contributed by atoms with van der Waals surface area (Å²) in [5.74, 6) is 0. The van der Waals surface area contributed by atoms with Crippen molar-refractivity contribution in [1.82, 2.24) is 14.5 Å². The lowest BCUT2D eigenvalue weighted by molar-refractivity contribution is 0.158. The number of aliphatic hydroxyl groups excluding tert-OH is 1. The van der Waals surface area contributed by atoms with Gasteiger partial charge in [-0.2, -0.15) is 0 Å². The van der Waals surface area contributed by atoms with Crippen LogP contribution in [0.5, 0.6) is 0 Å². The van der Waals surface area contributed by atoms with E-state index >= 15 is 0 Å². The Labute approximate surface area is 150 Å². The number of rotatable bonds is 4. The molecule has 1 rings (SSSR count). The quantitative estimate of drug-likeness (QED) is 0.796. The van der Waals surface area contributed by atoms with E-state index in [1.165, 1.54) is 4.57 Å². The monoisotopic (exact) mass is 399 g/mol. The van der Waals surface area contributed by atoms with Gasteiger partial charge in [-0.3, -0.25) is 4.57 Å². The minimum atomic E-state index is -0.571. The number of aliphatic hydroxyl groups is 1. The average molecular weight is 400 g/mol. The van der Waals surface area contributed by atoms with Crippen LogP contribution >= 0.6 is 15.9 Å². The largest absolute Gasteiger partial charge is 0.394 e. The van der Waals surface area contributed by atoms with Crippen LogP contribution in [0.2, 0.25) is 0 Å². The van der Waals surface area contributed by atoms with Gasteiger partial charge in [0.25, 0.3) is 0 Å². The van der Waals surface area contributed by atoms with E-state index < -0.39 is 17.8 Å². The van der Waals surface area contributed by atoms with Gasteiger partial charge in [-0.15, -0.1) is 0 Å². The summed E-state index contributed by atoms with van der Waals surface area (Å²) in [6.07, 6.45) is 3.42. The van der Waals surface area contributed by atoms with Crippen molar-refractivity contribution in [2.75, 3.05) is 6.61 Å². The van der Waals surface area contributed by atoms with Crippen molar-refractivity contribution in [3.05, 3.63) is 31.7 Å². The molecule has 0 unspecified atom stereocenters. The highest BCUT2D eigenvalue weighted by Crippen LogP contribution is 2.18. The van der Waals surface area contributed by atoms with Crippen LogP contribution in [0.3, 0.4) is 0 Å². The molecule has 0 aliphatic carbocycles. The number of halogens is 1. The Bertz CT molecular complexity index is 793. The second-order valence-electron chi connectivity index (χ2n) is 6.66. The molecule has 1 aromatic heterocycles. The second kappa shape index (κ2) is 7.98. The van der Waals surface area contributed by atoms with Crippen LogP contribution in [0.15, 0.2) is 15.4 Å². The van der Waals surface area contributed by atoms with Crippen LogP contribution in [0.4, 0.5) is 4.79 Å². The summed E-state index contributed by atoms with van der Waals surface area (Å²) in [5, 5.41) is 13.2. The zero-order chi connectivity index (χ0) is 18.7. The van der Waals surface area contributed by atoms with Gasteiger partial charge in [0, 0.05) is 6.54 Å². The molecule has 0 radical (unpaired) electrons. The molecule has 0 aliphatic rings. The van der Waals surface area contributed by atoms with Gasteiger partial charge in [0.1, 0.15) is 0 Å². The highest BCUT2D eigenvalue weighted by Gasteiger charge is 2.27. The number of carbonyl (C=O) groups excluding carboxylic acids is 1. The third-order valence-electron chi connectivity index (χ3n) is 3.80. The Hall–Kier alpha value is -1.60. The smallest absolute Gasteiger partial charge is 0.337 e. The molecule has 0 aromatic carbocycles. The summed E-state index contributed by atoms with van der Waals surface area (Å²) in [7, 11) is 0. The number of amides is 1. The predicted octanol–water partition coefficient (Wildman–Crippen LogP) is 1.12. The van der Waals surface area contributed by atoms with E-state index in [9.17, 15) is 14.7 Å². The van der Waals surface area contributed by atoms with E-state index in [2.05, 4.69) is 27.8 Å². The number of hydrogen-bond acceptors (Lipinski definition) is 3. The third kappa shape index (κ3) is 4.48. The predicted molar refractivity (Wildman–Crippen MR) is 101 cm³/mol. The van der Waals surface area contributed by atoms with Gasteiger partial charge in [0.2, 0.25) is 0 Å². The lowest BCUT2D eigenvalue weighted by Crippen LogP contribution is -2.52. The number of carbonyl (C=O) groups is 1. The molecule has 0 bridgehead atoms. The van der Waals surface area contributed by atoms with E-state index in [0.29, 0.717) is 17.2 Å². The van der Waals surface area contributed by atoms with Gasteiger partial charge >= 0.3 is 11.7 Å². The maximum absolute atomic E-state index is 12.7. The molecular weight excluding hydrogens is 374 g/mol. The Morgan fingerprint density at radius 2 is 2.04 bits per heavy atom. The standard InChI is InChI=1S/C17H26BrN3O3/c1-7-20-12(3)13(9-8-11(2)18)21(16(20)24)15(23)19-14(10-22)17(4,5)6/h8-9,14,22H,3,7,10H2,1-2,4-6H3,(H,19,23)/b11-8+,13-9+/t14-/m1/s1. The van der Waals surface area contributed by atoms with Crippen LogP contribution < -0.4 is 21.7 Å². The van der Waals surface area contributed by atoms with E-state index in [4.69, 9.17) is 0 Å². The maximum Gasteiger partial charge on any atom is 0.337 e. The summed E-state index contributed by atoms with van der Waals surface area (Å²) in [4.78, 5) is 25.2. The van der Waals surface area contributed by atoms with Crippen LogP contribution in [-0.2, 0) is 6.54 Å². The lowest BCUT2D eigenvalue weighted by Gasteiger charge is -2.29. The first-order valence-corrected chi connectivity index (χ1v) is 8.60. The van der Waals surface area contributed by atoms with Gasteiger partial charge in [0.05, 0.1) is 23.3 Å². The molecule has 134 valence electrons. The van der Waals surface area contributed by atoms with Crippen LogP contribution in [0.1, 0.15) is 34.6 Å². The minimum Gasteiger partial charge on any atom is -0.394 e. The van der Waals surface area contributed by atoms with Crippen LogP contribution in [0, 0.1) is 5.41 Å². The lowest BCUT2D eigenvalue weighted by atomic mass is 9.87. The zero-order valence-electron chi connectivity index (χ0n) is 14.9. The highest BCUT2D eigenvalue weighted by atomic mass is 79.9. The number of aromatic nitrogens is 2.